The van der Waals surface area contributed by atoms with Crippen molar-refractivity contribution >= 4 is 46.9 Å². The van der Waals surface area contributed by atoms with E-state index in [2.05, 4.69) is 29.6 Å². The fraction of sp³-hybridized carbons (Fsp3) is 0.268. The van der Waals surface area contributed by atoms with Crippen LogP contribution in [-0.4, -0.2) is 80.6 Å². The summed E-state index contributed by atoms with van der Waals surface area (Å²) in [6.07, 6.45) is 7.55. The predicted octanol–water partition coefficient (Wildman–Crippen LogP) is 6.85. The van der Waals surface area contributed by atoms with Gasteiger partial charge in [-0.2, -0.15) is 0 Å². The van der Waals surface area contributed by atoms with Crippen LogP contribution in [0.15, 0.2) is 89.0 Å². The molecule has 8 rings (SSSR count). The molecule has 4 aromatic carbocycles. The van der Waals surface area contributed by atoms with Crippen molar-refractivity contribution in [3.05, 3.63) is 107 Å². The lowest BCUT2D eigenvalue weighted by atomic mass is 9.94. The number of carbonyl (C=O) groups excluding carboxylic acids is 2. The Kier molecular flexibility index (Phi) is 8.84. The van der Waals surface area contributed by atoms with Crippen molar-refractivity contribution in [1.82, 2.24) is 9.80 Å². The van der Waals surface area contributed by atoms with E-state index in [9.17, 15) is 9.59 Å². The van der Waals surface area contributed by atoms with Crippen LogP contribution >= 0.6 is 0 Å². The van der Waals surface area contributed by atoms with Gasteiger partial charge in [-0.25, -0.2) is 0 Å². The summed E-state index contributed by atoms with van der Waals surface area (Å²) in [5.74, 6) is 1.67. The molecule has 0 aliphatic carbocycles. The number of hydrogen-bond acceptors (Lipinski definition) is 9. The Morgan fingerprint density at radius 3 is 1.98 bits per heavy atom. The first-order chi connectivity index (χ1) is 25.4. The second-order valence-corrected chi connectivity index (χ2v) is 13.1. The minimum atomic E-state index is -0.182. The number of nitrogens with zero attached hydrogens (tertiary/aromatic N) is 4. The standard InChI is InChI=1S/C41H39N5O6/c1-42-29-11-9-25(10-12-29)28-16-31-22-44-35-20-39(37(50-3)18-33(35)41(48)46(31)24-28)52-14-6-13-51-38-19-34-32(17-36(38)49-2)40(47)45-23-27-8-5-4-7-26(27)15-30(45)21-43-34/h4-5,7-12,17-22,24,30-31,42H,6,13-16,23H2,1-3H3/t30-,31-/m0/s1. The molecule has 0 radical (unpaired) electrons. The quantitative estimate of drug-likeness (QED) is 0.180. The van der Waals surface area contributed by atoms with Gasteiger partial charge in [0.25, 0.3) is 11.8 Å². The molecule has 0 bridgehead atoms. The maximum Gasteiger partial charge on any atom is 0.260 e. The van der Waals surface area contributed by atoms with Crippen molar-refractivity contribution in [2.75, 3.05) is 39.8 Å². The maximum atomic E-state index is 13.7. The van der Waals surface area contributed by atoms with Gasteiger partial charge in [-0.3, -0.25) is 19.6 Å². The van der Waals surface area contributed by atoms with Gasteiger partial charge in [0.2, 0.25) is 0 Å². The molecule has 0 saturated heterocycles. The topological polar surface area (TPSA) is 114 Å². The molecule has 0 saturated carbocycles. The van der Waals surface area contributed by atoms with Gasteiger partial charge >= 0.3 is 0 Å². The Bertz CT molecular complexity index is 2140. The van der Waals surface area contributed by atoms with E-state index >= 15 is 0 Å². The van der Waals surface area contributed by atoms with E-state index in [0.29, 0.717) is 78.1 Å². The Morgan fingerprint density at radius 1 is 0.731 bits per heavy atom. The van der Waals surface area contributed by atoms with E-state index in [1.807, 2.05) is 54.8 Å². The third-order valence-corrected chi connectivity index (χ3v) is 10.0. The molecule has 4 heterocycles. The zero-order chi connectivity index (χ0) is 35.8. The Hall–Kier alpha value is -6.10. The number of amides is 2. The summed E-state index contributed by atoms with van der Waals surface area (Å²) in [7, 11) is 5.00. The largest absolute Gasteiger partial charge is 0.493 e. The summed E-state index contributed by atoms with van der Waals surface area (Å²) in [6.45, 7) is 1.18. The van der Waals surface area contributed by atoms with Crippen LogP contribution in [0.2, 0.25) is 0 Å². The Labute approximate surface area is 302 Å². The highest BCUT2D eigenvalue weighted by Crippen LogP contribution is 2.41. The molecular formula is C41H39N5O6. The van der Waals surface area contributed by atoms with Gasteiger partial charge in [0.05, 0.1) is 62.0 Å². The van der Waals surface area contributed by atoms with Crippen molar-refractivity contribution in [2.45, 2.75) is 37.9 Å². The number of carbonyl (C=O) groups is 2. The highest BCUT2D eigenvalue weighted by Gasteiger charge is 2.35. The molecule has 264 valence electrons. The molecule has 1 N–H and O–H groups in total. The number of fused-ring (bicyclic) bond motifs is 5. The van der Waals surface area contributed by atoms with Crippen LogP contribution in [0.3, 0.4) is 0 Å². The molecule has 11 nitrogen and oxygen atoms in total. The number of nitrogens with one attached hydrogen (secondary N) is 1. The van der Waals surface area contributed by atoms with Gasteiger partial charge in [0.15, 0.2) is 23.0 Å². The zero-order valence-electron chi connectivity index (χ0n) is 29.3. The molecule has 52 heavy (non-hydrogen) atoms. The second-order valence-electron chi connectivity index (χ2n) is 13.1. The lowest BCUT2D eigenvalue weighted by Gasteiger charge is -2.34. The third-order valence-electron chi connectivity index (χ3n) is 10.0. The highest BCUT2D eigenvalue weighted by molar-refractivity contribution is 6.06. The number of aliphatic imine (C=N–C) groups is 2. The van der Waals surface area contributed by atoms with Gasteiger partial charge in [-0.15, -0.1) is 0 Å². The lowest BCUT2D eigenvalue weighted by molar-refractivity contribution is 0.0702. The molecule has 2 amide bonds. The van der Waals surface area contributed by atoms with Crippen LogP contribution < -0.4 is 24.3 Å². The van der Waals surface area contributed by atoms with Crippen LogP contribution in [0.5, 0.6) is 23.0 Å². The minimum Gasteiger partial charge on any atom is -0.493 e. The summed E-state index contributed by atoms with van der Waals surface area (Å²) in [5, 5.41) is 3.13. The maximum absolute atomic E-state index is 13.7. The summed E-state index contributed by atoms with van der Waals surface area (Å²) in [5.41, 5.74) is 7.60. The summed E-state index contributed by atoms with van der Waals surface area (Å²) in [6, 6.07) is 23.0. The number of rotatable bonds is 10. The normalized spacial score (nSPS) is 18.2. The first-order valence-electron chi connectivity index (χ1n) is 17.4. The number of hydrogen-bond donors (Lipinski definition) is 1. The molecule has 4 aromatic rings. The van der Waals surface area contributed by atoms with Gasteiger partial charge in [-0.1, -0.05) is 36.4 Å². The molecule has 0 fully saturated rings. The smallest absolute Gasteiger partial charge is 0.260 e. The third kappa shape index (κ3) is 6.12. The fourth-order valence-corrected chi connectivity index (χ4v) is 7.17. The van der Waals surface area contributed by atoms with Gasteiger partial charge in [0.1, 0.15) is 0 Å². The van der Waals surface area contributed by atoms with Gasteiger partial charge in [-0.05, 0) is 52.9 Å². The molecule has 4 aliphatic rings. The average molecular weight is 698 g/mol. The van der Waals surface area contributed by atoms with Crippen LogP contribution in [0.25, 0.3) is 5.57 Å². The Balaban J connectivity index is 0.919. The van der Waals surface area contributed by atoms with Gasteiger partial charge in [0, 0.05) is 62.9 Å². The molecular weight excluding hydrogens is 658 g/mol. The average Bonchev–Trinajstić information content (AvgIpc) is 3.51. The minimum absolute atomic E-state index is 0.0804. The van der Waals surface area contributed by atoms with Crippen molar-refractivity contribution in [2.24, 2.45) is 9.98 Å². The Morgan fingerprint density at radius 2 is 1.35 bits per heavy atom. The summed E-state index contributed by atoms with van der Waals surface area (Å²) in [4.78, 5) is 40.5. The highest BCUT2D eigenvalue weighted by atomic mass is 16.5. The number of ether oxygens (including phenoxy) is 4. The van der Waals surface area contributed by atoms with Crippen LogP contribution in [0.1, 0.15) is 50.2 Å². The van der Waals surface area contributed by atoms with E-state index in [0.717, 1.165) is 28.8 Å². The van der Waals surface area contributed by atoms with Crippen molar-refractivity contribution in [3.63, 3.8) is 0 Å². The van der Waals surface area contributed by atoms with Crippen LogP contribution in [0.4, 0.5) is 17.1 Å². The molecule has 0 unspecified atom stereocenters. The van der Waals surface area contributed by atoms with E-state index in [1.165, 1.54) is 5.56 Å². The monoisotopic (exact) mass is 697 g/mol. The van der Waals surface area contributed by atoms with Gasteiger partial charge < -0.3 is 34.1 Å². The first kappa shape index (κ1) is 33.1. The molecule has 0 spiro atoms. The van der Waals surface area contributed by atoms with Crippen molar-refractivity contribution in [1.29, 1.82) is 0 Å². The van der Waals surface area contributed by atoms with Crippen LogP contribution in [0, 0.1) is 0 Å². The molecule has 11 heteroatoms. The predicted molar refractivity (Wildman–Crippen MR) is 200 cm³/mol. The van der Waals surface area contributed by atoms with Crippen molar-refractivity contribution < 1.29 is 28.5 Å². The van der Waals surface area contributed by atoms with Crippen LogP contribution in [-0.2, 0) is 13.0 Å². The van der Waals surface area contributed by atoms with E-state index in [1.54, 1.807) is 43.4 Å². The van der Waals surface area contributed by atoms with Crippen molar-refractivity contribution in [3.8, 4) is 23.0 Å². The van der Waals surface area contributed by atoms with E-state index in [4.69, 9.17) is 28.9 Å². The SMILES string of the molecule is CNc1ccc(C2=CN3C(=O)c4cc(OC)c(OCCCOc5cc6c(cc5OC)C(=O)N5Cc7ccccc7C[C@H]5C=N6)cc4N=C[C@@H]3C2)cc1. The zero-order valence-corrected chi connectivity index (χ0v) is 29.3. The number of methoxy groups -OCH3 is 2. The molecule has 2 atom stereocenters. The first-order valence-corrected chi connectivity index (χ1v) is 17.4. The van der Waals surface area contributed by atoms with E-state index in [-0.39, 0.29) is 23.9 Å². The number of anilines is 1. The fourth-order valence-electron chi connectivity index (χ4n) is 7.17. The molecule has 0 aromatic heterocycles. The number of benzene rings is 4. The lowest BCUT2D eigenvalue weighted by Crippen LogP contribution is -2.44. The van der Waals surface area contributed by atoms with E-state index < -0.39 is 0 Å². The second kappa shape index (κ2) is 13.9. The molecule has 4 aliphatic heterocycles. The summed E-state index contributed by atoms with van der Waals surface area (Å²) >= 11 is 0. The summed E-state index contributed by atoms with van der Waals surface area (Å²) < 4.78 is 23.5.